The number of carbonyl (C=O) groups excluding carboxylic acids is 1. The van der Waals surface area contributed by atoms with Crippen LogP contribution in [0.2, 0.25) is 0 Å². The molecule has 0 atom stereocenters. The van der Waals surface area contributed by atoms with E-state index in [0.717, 1.165) is 30.8 Å². The van der Waals surface area contributed by atoms with Gasteiger partial charge < -0.3 is 11.1 Å². The quantitative estimate of drug-likeness (QED) is 0.772. The van der Waals surface area contributed by atoms with Gasteiger partial charge in [-0.05, 0) is 37.1 Å². The second kappa shape index (κ2) is 4.45. The Morgan fingerprint density at radius 3 is 2.88 bits per heavy atom. The van der Waals surface area contributed by atoms with E-state index in [1.165, 1.54) is 5.57 Å². The van der Waals surface area contributed by atoms with Crippen LogP contribution in [0.15, 0.2) is 18.2 Å². The zero-order chi connectivity index (χ0) is 11.5. The summed E-state index contributed by atoms with van der Waals surface area (Å²) in [6.45, 7) is 3.79. The first kappa shape index (κ1) is 10.8. The number of aromatic nitrogens is 1. The molecule has 0 aliphatic carbocycles. The molecule has 2 heterocycles. The molecule has 1 aliphatic rings. The molecule has 0 radical (unpaired) electrons. The maximum absolute atomic E-state index is 11.0. The maximum atomic E-state index is 11.0. The van der Waals surface area contributed by atoms with Crippen molar-refractivity contribution in [1.29, 1.82) is 0 Å². The number of nitrogens with one attached hydrogen (secondary N) is 1. The molecule has 0 saturated carbocycles. The van der Waals surface area contributed by atoms with Gasteiger partial charge in [-0.3, -0.25) is 4.79 Å². The van der Waals surface area contributed by atoms with Gasteiger partial charge in [0.05, 0.1) is 0 Å². The summed E-state index contributed by atoms with van der Waals surface area (Å²) in [5.74, 6) is -0.478. The molecule has 4 heteroatoms. The van der Waals surface area contributed by atoms with Gasteiger partial charge in [0.1, 0.15) is 5.69 Å². The number of primary amides is 1. The van der Waals surface area contributed by atoms with E-state index in [4.69, 9.17) is 5.73 Å². The minimum absolute atomic E-state index is 0.329. The standard InChI is InChI=1S/C12H15N3O/c1-8-10(9-4-6-14-7-5-9)2-3-11(15-8)12(13)16/h2-4,14H,5-7H2,1H3,(H2,13,16). The van der Waals surface area contributed by atoms with Crippen molar-refractivity contribution >= 4 is 11.5 Å². The molecule has 0 unspecified atom stereocenters. The number of hydrogen-bond acceptors (Lipinski definition) is 3. The molecular weight excluding hydrogens is 202 g/mol. The van der Waals surface area contributed by atoms with Crippen LogP contribution >= 0.6 is 0 Å². The largest absolute Gasteiger partial charge is 0.364 e. The van der Waals surface area contributed by atoms with Crippen molar-refractivity contribution in [2.24, 2.45) is 5.73 Å². The van der Waals surface area contributed by atoms with Crippen LogP contribution < -0.4 is 11.1 Å². The Bertz CT molecular complexity index is 452. The molecule has 1 amide bonds. The fraction of sp³-hybridized carbons (Fsp3) is 0.333. The van der Waals surface area contributed by atoms with E-state index < -0.39 is 5.91 Å². The van der Waals surface area contributed by atoms with Gasteiger partial charge in [0, 0.05) is 12.2 Å². The summed E-state index contributed by atoms with van der Waals surface area (Å²) in [5.41, 5.74) is 8.79. The molecule has 4 nitrogen and oxygen atoms in total. The molecule has 1 aromatic heterocycles. The summed E-state index contributed by atoms with van der Waals surface area (Å²) in [6, 6.07) is 3.62. The zero-order valence-corrected chi connectivity index (χ0v) is 9.29. The highest BCUT2D eigenvalue weighted by Gasteiger charge is 2.11. The van der Waals surface area contributed by atoms with Crippen LogP contribution in [0.25, 0.3) is 5.57 Å². The van der Waals surface area contributed by atoms with Gasteiger partial charge in [-0.15, -0.1) is 0 Å². The summed E-state index contributed by atoms with van der Waals surface area (Å²) in [6.07, 6.45) is 3.16. The first-order valence-electron chi connectivity index (χ1n) is 5.36. The highest BCUT2D eigenvalue weighted by Crippen LogP contribution is 2.22. The van der Waals surface area contributed by atoms with Crippen LogP contribution in [-0.4, -0.2) is 24.0 Å². The summed E-state index contributed by atoms with van der Waals surface area (Å²) >= 11 is 0. The Kier molecular flexibility index (Phi) is 3.01. The average molecular weight is 217 g/mol. The number of rotatable bonds is 2. The molecule has 3 N–H and O–H groups in total. The first-order valence-corrected chi connectivity index (χ1v) is 5.36. The minimum Gasteiger partial charge on any atom is -0.364 e. The fourth-order valence-electron chi connectivity index (χ4n) is 1.90. The van der Waals surface area contributed by atoms with E-state index in [9.17, 15) is 4.79 Å². The number of nitrogens with two attached hydrogens (primary N) is 1. The van der Waals surface area contributed by atoms with Crippen molar-refractivity contribution in [3.05, 3.63) is 35.2 Å². The van der Waals surface area contributed by atoms with Crippen LogP contribution in [0.3, 0.4) is 0 Å². The van der Waals surface area contributed by atoms with Crippen molar-refractivity contribution in [1.82, 2.24) is 10.3 Å². The van der Waals surface area contributed by atoms with Gasteiger partial charge in [-0.1, -0.05) is 12.1 Å². The van der Waals surface area contributed by atoms with Crippen LogP contribution in [-0.2, 0) is 0 Å². The molecule has 1 aromatic rings. The van der Waals surface area contributed by atoms with Crippen molar-refractivity contribution in [3.8, 4) is 0 Å². The molecule has 0 fully saturated rings. The normalized spacial score (nSPS) is 15.7. The van der Waals surface area contributed by atoms with Gasteiger partial charge in [-0.25, -0.2) is 4.98 Å². The lowest BCUT2D eigenvalue weighted by Crippen LogP contribution is -2.20. The van der Waals surface area contributed by atoms with Crippen molar-refractivity contribution in [2.45, 2.75) is 13.3 Å². The first-order chi connectivity index (χ1) is 7.68. The highest BCUT2D eigenvalue weighted by molar-refractivity contribution is 5.91. The summed E-state index contributed by atoms with van der Waals surface area (Å²) in [4.78, 5) is 15.2. The third kappa shape index (κ3) is 2.12. The number of pyridine rings is 1. The number of carbonyl (C=O) groups is 1. The average Bonchev–Trinajstić information content (AvgIpc) is 2.30. The van der Waals surface area contributed by atoms with Crippen molar-refractivity contribution in [3.63, 3.8) is 0 Å². The highest BCUT2D eigenvalue weighted by atomic mass is 16.1. The molecule has 16 heavy (non-hydrogen) atoms. The van der Waals surface area contributed by atoms with Gasteiger partial charge in [0.2, 0.25) is 0 Å². The fourth-order valence-corrected chi connectivity index (χ4v) is 1.90. The SMILES string of the molecule is Cc1nc(C(N)=O)ccc1C1=CCNCC1. The van der Waals surface area contributed by atoms with E-state index in [1.807, 2.05) is 13.0 Å². The second-order valence-corrected chi connectivity index (χ2v) is 3.88. The summed E-state index contributed by atoms with van der Waals surface area (Å²) in [7, 11) is 0. The topological polar surface area (TPSA) is 68.0 Å². The molecule has 0 bridgehead atoms. The smallest absolute Gasteiger partial charge is 0.267 e. The van der Waals surface area contributed by atoms with Gasteiger partial charge in [0.15, 0.2) is 0 Å². The molecule has 2 rings (SSSR count). The maximum Gasteiger partial charge on any atom is 0.267 e. The predicted molar refractivity (Wildman–Crippen MR) is 63.0 cm³/mol. The van der Waals surface area contributed by atoms with Gasteiger partial charge in [-0.2, -0.15) is 0 Å². The Balaban J connectivity index is 2.35. The van der Waals surface area contributed by atoms with Crippen LogP contribution in [0, 0.1) is 6.92 Å². The van der Waals surface area contributed by atoms with E-state index in [1.54, 1.807) is 6.07 Å². The van der Waals surface area contributed by atoms with E-state index in [0.29, 0.717) is 5.69 Å². The molecule has 0 spiro atoms. The van der Waals surface area contributed by atoms with Crippen LogP contribution in [0.4, 0.5) is 0 Å². The van der Waals surface area contributed by atoms with E-state index in [-0.39, 0.29) is 0 Å². The van der Waals surface area contributed by atoms with Gasteiger partial charge >= 0.3 is 0 Å². The van der Waals surface area contributed by atoms with Crippen LogP contribution in [0.1, 0.15) is 28.2 Å². The van der Waals surface area contributed by atoms with E-state index in [2.05, 4.69) is 16.4 Å². The van der Waals surface area contributed by atoms with Crippen LogP contribution in [0.5, 0.6) is 0 Å². The Hall–Kier alpha value is -1.68. The number of aryl methyl sites for hydroxylation is 1. The molecule has 1 aliphatic heterocycles. The molecular formula is C12H15N3O. The van der Waals surface area contributed by atoms with Crippen molar-refractivity contribution < 1.29 is 4.79 Å². The lowest BCUT2D eigenvalue weighted by atomic mass is 9.99. The molecule has 84 valence electrons. The number of amides is 1. The predicted octanol–water partition coefficient (Wildman–Crippen LogP) is 0.866. The zero-order valence-electron chi connectivity index (χ0n) is 9.29. The lowest BCUT2D eigenvalue weighted by Gasteiger charge is -2.15. The molecule has 0 saturated heterocycles. The Morgan fingerprint density at radius 2 is 2.31 bits per heavy atom. The number of hydrogen-bond donors (Lipinski definition) is 2. The summed E-state index contributed by atoms with van der Waals surface area (Å²) < 4.78 is 0. The monoisotopic (exact) mass is 217 g/mol. The Morgan fingerprint density at radius 1 is 1.50 bits per heavy atom. The Labute approximate surface area is 94.6 Å². The number of nitrogens with zero attached hydrogens (tertiary/aromatic N) is 1. The van der Waals surface area contributed by atoms with E-state index >= 15 is 0 Å². The second-order valence-electron chi connectivity index (χ2n) is 3.88. The minimum atomic E-state index is -0.478. The third-order valence-electron chi connectivity index (χ3n) is 2.75. The third-order valence-corrected chi connectivity index (χ3v) is 2.75. The lowest BCUT2D eigenvalue weighted by molar-refractivity contribution is 0.0995. The van der Waals surface area contributed by atoms with Crippen molar-refractivity contribution in [2.75, 3.05) is 13.1 Å². The van der Waals surface area contributed by atoms with Gasteiger partial charge in [0.25, 0.3) is 5.91 Å². The molecule has 0 aromatic carbocycles. The summed E-state index contributed by atoms with van der Waals surface area (Å²) in [5, 5.41) is 3.26.